The van der Waals surface area contributed by atoms with Gasteiger partial charge in [0, 0.05) is 72.7 Å². The Labute approximate surface area is 382 Å². The van der Waals surface area contributed by atoms with Crippen molar-refractivity contribution in [2.75, 3.05) is 0 Å². The first kappa shape index (κ1) is 35.4. The molecule has 4 aromatic heterocycles. The number of furan rings is 1. The van der Waals surface area contributed by atoms with Gasteiger partial charge in [-0.25, -0.2) is 0 Å². The molecule has 0 bridgehead atoms. The Kier molecular flexibility index (Phi) is 6.80. The summed E-state index contributed by atoms with van der Waals surface area (Å²) in [6.45, 7) is -0.0884. The second-order valence-electron chi connectivity index (χ2n) is 17.9. The van der Waals surface area contributed by atoms with E-state index < -0.39 is 0 Å². The molecule has 0 N–H and O–H groups in total. The summed E-state index contributed by atoms with van der Waals surface area (Å²) in [5.74, 6) is 3.25. The van der Waals surface area contributed by atoms with Crippen molar-refractivity contribution in [1.82, 2.24) is 13.7 Å². The average molecular weight is 856 g/mol. The van der Waals surface area contributed by atoms with Crippen LogP contribution in [0.3, 0.4) is 0 Å². The molecule has 10 aromatic carbocycles. The van der Waals surface area contributed by atoms with Crippen molar-refractivity contribution in [3.63, 3.8) is 0 Å². The van der Waals surface area contributed by atoms with Gasteiger partial charge in [0.25, 0.3) is 6.71 Å². The summed E-state index contributed by atoms with van der Waals surface area (Å²) < 4.78 is 27.9. The Morgan fingerprint density at radius 3 is 1.69 bits per heavy atom. The van der Waals surface area contributed by atoms with E-state index in [0.29, 0.717) is 0 Å². The second-order valence-corrected chi connectivity index (χ2v) is 17.9. The molecule has 0 spiro atoms. The predicted molar refractivity (Wildman–Crippen MR) is 274 cm³/mol. The number of aromatic nitrogens is 3. The van der Waals surface area contributed by atoms with E-state index in [9.17, 15) is 0 Å². The van der Waals surface area contributed by atoms with Gasteiger partial charge in [-0.15, -0.1) is 0 Å². The first-order chi connectivity index (χ1) is 33.2. The van der Waals surface area contributed by atoms with Crippen molar-refractivity contribution in [3.05, 3.63) is 206 Å². The van der Waals surface area contributed by atoms with Gasteiger partial charge in [-0.3, -0.25) is 0 Å². The lowest BCUT2D eigenvalue weighted by Gasteiger charge is -2.33. The summed E-state index contributed by atoms with van der Waals surface area (Å²) in [5, 5.41) is 9.32. The van der Waals surface area contributed by atoms with Crippen molar-refractivity contribution in [2.45, 2.75) is 0 Å². The highest BCUT2D eigenvalue weighted by Crippen LogP contribution is 2.45. The van der Waals surface area contributed by atoms with E-state index in [1.54, 1.807) is 0 Å². The highest BCUT2D eigenvalue weighted by Gasteiger charge is 2.41. The van der Waals surface area contributed by atoms with Gasteiger partial charge in [0.15, 0.2) is 0 Å². The van der Waals surface area contributed by atoms with Crippen molar-refractivity contribution in [1.29, 1.82) is 0 Å². The molecular formula is C60H34BN3O3. The van der Waals surface area contributed by atoms with Crippen LogP contribution in [0.2, 0.25) is 0 Å². The van der Waals surface area contributed by atoms with Gasteiger partial charge < -0.3 is 27.6 Å². The molecule has 0 amide bonds. The lowest BCUT2D eigenvalue weighted by atomic mass is 9.35. The van der Waals surface area contributed by atoms with Crippen LogP contribution in [0.4, 0.5) is 0 Å². The van der Waals surface area contributed by atoms with E-state index in [1.807, 2.05) is 12.1 Å². The number of para-hydroxylation sites is 6. The van der Waals surface area contributed by atoms with Gasteiger partial charge in [0.05, 0.1) is 44.2 Å². The average Bonchev–Trinajstić information content (AvgIpc) is 4.12. The minimum atomic E-state index is -0.0884. The van der Waals surface area contributed by atoms with Crippen molar-refractivity contribution >= 4 is 110 Å². The van der Waals surface area contributed by atoms with Gasteiger partial charge in [0.1, 0.15) is 34.2 Å². The molecule has 0 atom stereocenters. The van der Waals surface area contributed by atoms with Crippen molar-refractivity contribution in [3.8, 4) is 40.1 Å². The molecular weight excluding hydrogens is 821 g/mol. The molecule has 0 unspecified atom stereocenters. The van der Waals surface area contributed by atoms with Crippen molar-refractivity contribution < 1.29 is 13.9 Å². The maximum atomic E-state index is 7.23. The Balaban J connectivity index is 0.927. The quantitative estimate of drug-likeness (QED) is 0.166. The first-order valence-corrected chi connectivity index (χ1v) is 22.9. The second kappa shape index (κ2) is 12.9. The maximum Gasteiger partial charge on any atom is 0.260 e. The Morgan fingerprint density at radius 2 is 0.896 bits per heavy atom. The SMILES string of the molecule is c1ccc(-n2c3ccccc3c3ccc4c(c5ccccc5n4-c4ccc5c(c4)Oc4cc(-n6c7ccccc7c7c8oc9ccccc9c8ccc76)cc6c4B5c4ccccc4O6)c32)cc1. The van der Waals surface area contributed by atoms with E-state index in [4.69, 9.17) is 13.9 Å². The fourth-order valence-electron chi connectivity index (χ4n) is 11.8. The van der Waals surface area contributed by atoms with Crippen LogP contribution >= 0.6 is 0 Å². The number of nitrogens with zero attached hydrogens (tertiary/aromatic N) is 3. The molecule has 16 rings (SSSR count). The molecule has 14 aromatic rings. The zero-order chi connectivity index (χ0) is 43.5. The van der Waals surface area contributed by atoms with Gasteiger partial charge in [0.2, 0.25) is 0 Å². The molecule has 0 saturated heterocycles. The van der Waals surface area contributed by atoms with Crippen LogP contribution in [-0.2, 0) is 0 Å². The van der Waals surface area contributed by atoms with Gasteiger partial charge in [-0.2, -0.15) is 0 Å². The molecule has 6 heterocycles. The summed E-state index contributed by atoms with van der Waals surface area (Å²) in [6, 6.07) is 73.8. The first-order valence-electron chi connectivity index (χ1n) is 22.9. The summed E-state index contributed by atoms with van der Waals surface area (Å²) in [7, 11) is 0. The number of ether oxygens (including phenoxy) is 2. The standard InChI is InChI=1S/C60H34BN3O3/c1-2-14-35(15-3-1)64-46-21-9-4-16-38(46)40-27-30-49-56(59(40)64)42-18-5-10-22-47(42)62(49)36-26-29-45-53(32-36)66-55-34-37(33-54-58(55)61(45)44-20-8-13-25-52(44)65-54)63-48-23-11-6-19-43(48)57-50(63)31-28-41-39-17-7-12-24-51(39)67-60(41)57/h1-34H. The van der Waals surface area contributed by atoms with Crippen LogP contribution in [0.5, 0.6) is 23.0 Å². The Bertz CT molecular complexity index is 4480. The van der Waals surface area contributed by atoms with E-state index >= 15 is 0 Å². The highest BCUT2D eigenvalue weighted by molar-refractivity contribution is 6.98. The molecule has 2 aliphatic heterocycles. The molecule has 0 radical (unpaired) electrons. The fraction of sp³-hybridized carbons (Fsp3) is 0. The molecule has 310 valence electrons. The summed E-state index contributed by atoms with van der Waals surface area (Å²) in [5.41, 5.74) is 15.0. The monoisotopic (exact) mass is 855 g/mol. The number of benzene rings is 10. The third kappa shape index (κ3) is 4.64. The van der Waals surface area contributed by atoms with Crippen molar-refractivity contribution in [2.24, 2.45) is 0 Å². The zero-order valence-corrected chi connectivity index (χ0v) is 35.8. The number of hydrogen-bond acceptors (Lipinski definition) is 3. The molecule has 67 heavy (non-hydrogen) atoms. The maximum absolute atomic E-state index is 7.23. The number of fused-ring (bicyclic) bond motifs is 18. The van der Waals surface area contributed by atoms with E-state index in [-0.39, 0.29) is 6.71 Å². The topological polar surface area (TPSA) is 46.4 Å². The minimum absolute atomic E-state index is 0.0884. The lowest BCUT2D eigenvalue weighted by molar-refractivity contribution is 0.464. The van der Waals surface area contributed by atoms with Gasteiger partial charge in [-0.1, -0.05) is 121 Å². The zero-order valence-electron chi connectivity index (χ0n) is 35.8. The van der Waals surface area contributed by atoms with Gasteiger partial charge >= 0.3 is 0 Å². The minimum Gasteiger partial charge on any atom is -0.458 e. The largest absolute Gasteiger partial charge is 0.458 e. The summed E-state index contributed by atoms with van der Waals surface area (Å²) in [6.07, 6.45) is 0. The van der Waals surface area contributed by atoms with Crippen LogP contribution in [-0.4, -0.2) is 20.4 Å². The predicted octanol–water partition coefficient (Wildman–Crippen LogP) is 13.6. The smallest absolute Gasteiger partial charge is 0.260 e. The fourth-order valence-corrected chi connectivity index (χ4v) is 11.8. The van der Waals surface area contributed by atoms with Crippen LogP contribution < -0.4 is 25.9 Å². The Morgan fingerprint density at radius 1 is 0.328 bits per heavy atom. The van der Waals surface area contributed by atoms with E-state index in [1.165, 1.54) is 32.6 Å². The summed E-state index contributed by atoms with van der Waals surface area (Å²) in [4.78, 5) is 0. The molecule has 0 aliphatic carbocycles. The van der Waals surface area contributed by atoms with Gasteiger partial charge in [-0.05, 0) is 77.7 Å². The normalized spacial score (nSPS) is 13.0. The molecule has 7 heteroatoms. The van der Waals surface area contributed by atoms with Crippen LogP contribution in [0.25, 0.3) is 104 Å². The molecule has 6 nitrogen and oxygen atoms in total. The van der Waals surface area contributed by atoms with Crippen LogP contribution in [0.15, 0.2) is 211 Å². The lowest BCUT2D eigenvalue weighted by Crippen LogP contribution is -2.57. The number of rotatable bonds is 3. The van der Waals surface area contributed by atoms with Crippen LogP contribution in [0.1, 0.15) is 0 Å². The summed E-state index contributed by atoms with van der Waals surface area (Å²) >= 11 is 0. The molecule has 0 saturated carbocycles. The third-order valence-electron chi connectivity index (χ3n) is 14.5. The van der Waals surface area contributed by atoms with Crippen LogP contribution in [0, 0.1) is 0 Å². The Hall–Kier alpha value is -8.94. The van der Waals surface area contributed by atoms with E-state index in [2.05, 4.69) is 208 Å². The van der Waals surface area contributed by atoms with E-state index in [0.717, 1.165) is 111 Å². The number of hydrogen-bond donors (Lipinski definition) is 0. The highest BCUT2D eigenvalue weighted by atomic mass is 16.5. The third-order valence-corrected chi connectivity index (χ3v) is 14.5. The molecule has 0 fully saturated rings. The molecule has 2 aliphatic rings.